The molecule has 1 aliphatic carbocycles. The smallest absolute Gasteiger partial charge is 0.409 e. The van der Waals surface area contributed by atoms with E-state index in [0.717, 1.165) is 49.0 Å². The third-order valence-electron chi connectivity index (χ3n) is 6.07. The molecule has 166 valence electrons. The van der Waals surface area contributed by atoms with Crippen molar-refractivity contribution >= 4 is 12.0 Å². The monoisotopic (exact) mass is 428 g/mol. The zero-order chi connectivity index (χ0) is 21.8. The van der Waals surface area contributed by atoms with Crippen molar-refractivity contribution in [2.45, 2.75) is 57.9 Å². The van der Waals surface area contributed by atoms with Crippen molar-refractivity contribution in [3.05, 3.63) is 47.0 Å². The number of likely N-dealkylation sites (tertiary alicyclic amines) is 1. The van der Waals surface area contributed by atoms with Crippen molar-refractivity contribution in [2.75, 3.05) is 19.7 Å². The second-order valence-corrected chi connectivity index (χ2v) is 8.16. The van der Waals surface area contributed by atoms with E-state index in [9.17, 15) is 14.0 Å². The topological polar surface area (TPSA) is 76.5 Å². The Labute approximate surface area is 181 Å². The average Bonchev–Trinajstić information content (AvgIpc) is 2.96. The summed E-state index contributed by atoms with van der Waals surface area (Å²) in [4.78, 5) is 26.7. The van der Waals surface area contributed by atoms with E-state index in [2.05, 4.69) is 10.4 Å². The molecular weight excluding hydrogens is 399 g/mol. The lowest BCUT2D eigenvalue weighted by Gasteiger charge is -2.31. The third kappa shape index (κ3) is 4.73. The minimum atomic E-state index is -0.297. The molecule has 0 radical (unpaired) electrons. The van der Waals surface area contributed by atoms with E-state index >= 15 is 0 Å². The van der Waals surface area contributed by atoms with Gasteiger partial charge in [0.25, 0.3) is 5.91 Å². The zero-order valence-electron chi connectivity index (χ0n) is 17.9. The number of nitrogens with one attached hydrogen (secondary N) is 1. The van der Waals surface area contributed by atoms with Crippen LogP contribution in [0.1, 0.15) is 60.8 Å². The number of benzene rings is 1. The molecule has 4 rings (SSSR count). The van der Waals surface area contributed by atoms with Gasteiger partial charge < -0.3 is 15.0 Å². The summed E-state index contributed by atoms with van der Waals surface area (Å²) in [6.45, 7) is 3.27. The fourth-order valence-electron chi connectivity index (χ4n) is 4.43. The molecule has 1 fully saturated rings. The molecular formula is C23H29FN4O3. The lowest BCUT2D eigenvalue weighted by atomic mass is 10.0. The van der Waals surface area contributed by atoms with E-state index < -0.39 is 0 Å². The molecule has 0 atom stereocenters. The quantitative estimate of drug-likeness (QED) is 0.755. The molecule has 0 saturated carbocycles. The maximum Gasteiger partial charge on any atom is 0.409 e. The van der Waals surface area contributed by atoms with Crippen molar-refractivity contribution in [1.82, 2.24) is 20.0 Å². The van der Waals surface area contributed by atoms with Gasteiger partial charge in [-0.1, -0.05) is 6.42 Å². The van der Waals surface area contributed by atoms with Gasteiger partial charge in [-0.3, -0.25) is 4.79 Å². The Morgan fingerprint density at radius 1 is 1.13 bits per heavy atom. The highest BCUT2D eigenvalue weighted by Crippen LogP contribution is 2.27. The standard InChI is InChI=1S/C23H29FN4O3/c1-2-31-23(30)27-14-12-17(13-15-27)25-22(29)21-19-6-4-3-5-7-20(19)28(26-21)18-10-8-16(24)9-11-18/h8-11,17H,2-7,12-15H2,1H3,(H,25,29). The van der Waals surface area contributed by atoms with Crippen molar-refractivity contribution in [3.8, 4) is 5.69 Å². The summed E-state index contributed by atoms with van der Waals surface area (Å²) < 4.78 is 20.3. The summed E-state index contributed by atoms with van der Waals surface area (Å²) in [6, 6.07) is 6.21. The van der Waals surface area contributed by atoms with E-state index in [4.69, 9.17) is 4.74 Å². The highest BCUT2D eigenvalue weighted by Gasteiger charge is 2.28. The second-order valence-electron chi connectivity index (χ2n) is 8.16. The number of aromatic nitrogens is 2. The summed E-state index contributed by atoms with van der Waals surface area (Å²) in [5.74, 6) is -0.470. The number of hydrogen-bond acceptors (Lipinski definition) is 4. The van der Waals surface area contributed by atoms with Crippen LogP contribution in [0.5, 0.6) is 0 Å². The van der Waals surface area contributed by atoms with Gasteiger partial charge in [0.2, 0.25) is 0 Å². The van der Waals surface area contributed by atoms with Crippen LogP contribution in [0.4, 0.5) is 9.18 Å². The van der Waals surface area contributed by atoms with E-state index in [0.29, 0.717) is 38.2 Å². The Bertz CT molecular complexity index is 933. The van der Waals surface area contributed by atoms with Crippen LogP contribution < -0.4 is 5.32 Å². The van der Waals surface area contributed by atoms with Crippen LogP contribution >= 0.6 is 0 Å². The summed E-state index contributed by atoms with van der Waals surface area (Å²) in [5, 5.41) is 7.78. The number of nitrogens with zero attached hydrogens (tertiary/aromatic N) is 3. The van der Waals surface area contributed by atoms with E-state index in [-0.39, 0.29) is 23.9 Å². The van der Waals surface area contributed by atoms with Gasteiger partial charge in [-0.05, 0) is 69.7 Å². The molecule has 0 bridgehead atoms. The lowest BCUT2D eigenvalue weighted by Crippen LogP contribution is -2.46. The third-order valence-corrected chi connectivity index (χ3v) is 6.07. The largest absolute Gasteiger partial charge is 0.450 e. The molecule has 2 heterocycles. The summed E-state index contributed by atoms with van der Waals surface area (Å²) in [5.41, 5.74) is 3.28. The molecule has 2 aliphatic rings. The Hall–Kier alpha value is -2.90. The van der Waals surface area contributed by atoms with E-state index in [1.165, 1.54) is 12.1 Å². The molecule has 0 spiro atoms. The number of ether oxygens (including phenoxy) is 1. The van der Waals surface area contributed by atoms with Gasteiger partial charge in [-0.15, -0.1) is 0 Å². The number of carbonyl (C=O) groups excluding carboxylic acids is 2. The van der Waals surface area contributed by atoms with Gasteiger partial charge in [0.1, 0.15) is 5.82 Å². The minimum Gasteiger partial charge on any atom is -0.450 e. The second kappa shape index (κ2) is 9.49. The van der Waals surface area contributed by atoms with Crippen molar-refractivity contribution in [3.63, 3.8) is 0 Å². The first kappa shape index (κ1) is 21.3. The number of piperidine rings is 1. The molecule has 7 nitrogen and oxygen atoms in total. The summed E-state index contributed by atoms with van der Waals surface area (Å²) in [7, 11) is 0. The van der Waals surface area contributed by atoms with Crippen LogP contribution in [0.15, 0.2) is 24.3 Å². The van der Waals surface area contributed by atoms with Gasteiger partial charge in [-0.25, -0.2) is 13.9 Å². The molecule has 1 aliphatic heterocycles. The first-order valence-electron chi connectivity index (χ1n) is 11.2. The maximum atomic E-state index is 13.4. The Morgan fingerprint density at radius 2 is 1.84 bits per heavy atom. The number of halogens is 1. The number of fused-ring (bicyclic) bond motifs is 1. The fraction of sp³-hybridized carbons (Fsp3) is 0.522. The Kier molecular flexibility index (Phi) is 6.53. The molecule has 1 aromatic heterocycles. The number of carbonyl (C=O) groups is 2. The maximum absolute atomic E-state index is 13.4. The van der Waals surface area contributed by atoms with Gasteiger partial charge in [-0.2, -0.15) is 5.10 Å². The fourth-order valence-corrected chi connectivity index (χ4v) is 4.43. The van der Waals surface area contributed by atoms with Crippen molar-refractivity contribution in [1.29, 1.82) is 0 Å². The molecule has 0 unspecified atom stereocenters. The number of amides is 2. The van der Waals surface area contributed by atoms with Crippen LogP contribution in [-0.4, -0.2) is 52.4 Å². The van der Waals surface area contributed by atoms with E-state index in [1.807, 2.05) is 0 Å². The van der Waals surface area contributed by atoms with Gasteiger partial charge in [0, 0.05) is 30.4 Å². The molecule has 31 heavy (non-hydrogen) atoms. The minimum absolute atomic E-state index is 0.00410. The lowest BCUT2D eigenvalue weighted by molar-refractivity contribution is 0.0855. The highest BCUT2D eigenvalue weighted by atomic mass is 19.1. The zero-order valence-corrected chi connectivity index (χ0v) is 17.9. The SMILES string of the molecule is CCOC(=O)N1CCC(NC(=O)c2nn(-c3ccc(F)cc3)c3c2CCCCC3)CC1. The molecule has 2 amide bonds. The van der Waals surface area contributed by atoms with Crippen molar-refractivity contribution < 1.29 is 18.7 Å². The van der Waals surface area contributed by atoms with Crippen LogP contribution in [0, 0.1) is 5.82 Å². The van der Waals surface area contributed by atoms with Crippen molar-refractivity contribution in [2.24, 2.45) is 0 Å². The highest BCUT2D eigenvalue weighted by molar-refractivity contribution is 5.94. The van der Waals surface area contributed by atoms with Crippen LogP contribution in [0.2, 0.25) is 0 Å². The van der Waals surface area contributed by atoms with Gasteiger partial charge >= 0.3 is 6.09 Å². The Balaban J connectivity index is 1.51. The molecule has 8 heteroatoms. The van der Waals surface area contributed by atoms with Gasteiger partial charge in [0.15, 0.2) is 5.69 Å². The van der Waals surface area contributed by atoms with Gasteiger partial charge in [0.05, 0.1) is 12.3 Å². The number of rotatable bonds is 4. The predicted molar refractivity (Wildman–Crippen MR) is 114 cm³/mol. The van der Waals surface area contributed by atoms with Crippen LogP contribution in [-0.2, 0) is 17.6 Å². The average molecular weight is 429 g/mol. The first-order valence-corrected chi connectivity index (χ1v) is 11.2. The van der Waals surface area contributed by atoms with E-state index in [1.54, 1.807) is 28.6 Å². The molecule has 1 saturated heterocycles. The predicted octanol–water partition coefficient (Wildman–Crippen LogP) is 3.63. The molecule has 2 aromatic rings. The van der Waals surface area contributed by atoms with Crippen LogP contribution in [0.25, 0.3) is 5.69 Å². The summed E-state index contributed by atoms with van der Waals surface area (Å²) >= 11 is 0. The van der Waals surface area contributed by atoms with Crippen LogP contribution in [0.3, 0.4) is 0 Å². The molecule has 1 N–H and O–H groups in total. The number of hydrogen-bond donors (Lipinski definition) is 1. The normalized spacial score (nSPS) is 17.0. The summed E-state index contributed by atoms with van der Waals surface area (Å²) in [6.07, 6.45) is 5.94. The molecule has 1 aromatic carbocycles. The Morgan fingerprint density at radius 3 is 2.55 bits per heavy atom. The first-order chi connectivity index (χ1) is 15.1.